The van der Waals surface area contributed by atoms with Crippen molar-refractivity contribution >= 4 is 0 Å². The monoisotopic (exact) mass is 320 g/mol. The van der Waals surface area contributed by atoms with Gasteiger partial charge >= 0.3 is 64.8 Å². The molecule has 0 aromatic carbocycles. The predicted molar refractivity (Wildman–Crippen MR) is 21.6 cm³/mol. The Balaban J connectivity index is 2.29. The zero-order valence-electron chi connectivity index (χ0n) is 3.88. The molecule has 0 aromatic rings. The fraction of sp³-hybridized carbons (Fsp3) is 0.600. The summed E-state index contributed by atoms with van der Waals surface area (Å²) in [6.07, 6.45) is 0. The Bertz CT molecular complexity index is 112. The molecule has 0 unspecified atom stereocenters. The van der Waals surface area contributed by atoms with Crippen molar-refractivity contribution in [1.29, 1.82) is 0 Å². The second-order valence-electron chi connectivity index (χ2n) is 1.73. The molecule has 2 aliphatic heterocycles. The molecule has 7 heavy (non-hydrogen) atoms. The summed E-state index contributed by atoms with van der Waals surface area (Å²) in [5.74, 6) is 0. The van der Waals surface area contributed by atoms with Gasteiger partial charge in [0.2, 0.25) is 0 Å². The Morgan fingerprint density at radius 1 is 1.14 bits per heavy atom. The van der Waals surface area contributed by atoms with E-state index in [9.17, 15) is 0 Å². The van der Waals surface area contributed by atoms with E-state index in [1.165, 1.54) is 0 Å². The first-order valence-corrected chi connectivity index (χ1v) is 7.96. The van der Waals surface area contributed by atoms with E-state index in [4.69, 9.17) is 0 Å². The van der Waals surface area contributed by atoms with Gasteiger partial charge in [0.05, 0.1) is 0 Å². The molecule has 0 saturated carbocycles. The van der Waals surface area contributed by atoms with Gasteiger partial charge in [0.15, 0.2) is 0 Å². The molecule has 42 valence electrons. The van der Waals surface area contributed by atoms with Crippen LogP contribution >= 0.6 is 0 Å². The Labute approximate surface area is 64.3 Å². The summed E-state index contributed by atoms with van der Waals surface area (Å²) in [7, 11) is 0. The SMILES string of the molecule is C1[I-]CC2=C1C[I-]2. The van der Waals surface area contributed by atoms with E-state index in [1.807, 2.05) is 9.15 Å². The maximum absolute atomic E-state index is 1.96. The molecular weight excluding hydrogens is 314 g/mol. The van der Waals surface area contributed by atoms with E-state index in [-0.39, 0.29) is 0 Å². The van der Waals surface area contributed by atoms with E-state index >= 15 is 0 Å². The molecule has 0 saturated heterocycles. The van der Waals surface area contributed by atoms with Crippen molar-refractivity contribution in [3.8, 4) is 0 Å². The van der Waals surface area contributed by atoms with Gasteiger partial charge in [-0.1, -0.05) is 0 Å². The quantitative estimate of drug-likeness (QED) is 0.309. The molecular formula is C5H6I2-2. The molecule has 2 heterocycles. The van der Waals surface area contributed by atoms with Crippen molar-refractivity contribution in [2.75, 3.05) is 13.3 Å². The van der Waals surface area contributed by atoms with Gasteiger partial charge in [-0.25, -0.2) is 0 Å². The van der Waals surface area contributed by atoms with Crippen LogP contribution in [-0.4, -0.2) is 13.3 Å². The molecule has 0 N–H and O–H groups in total. The topological polar surface area (TPSA) is 0 Å². The van der Waals surface area contributed by atoms with Crippen LogP contribution in [0.1, 0.15) is 0 Å². The van der Waals surface area contributed by atoms with E-state index in [0.717, 1.165) is 0 Å². The van der Waals surface area contributed by atoms with Crippen molar-refractivity contribution in [3.63, 3.8) is 0 Å². The minimum absolute atomic E-state index is 0.655. The fourth-order valence-electron chi connectivity index (χ4n) is 0.738. The minimum atomic E-state index is 0.655. The van der Waals surface area contributed by atoms with Crippen LogP contribution in [0.15, 0.2) is 9.15 Å². The Morgan fingerprint density at radius 3 is 2.43 bits per heavy atom. The zero-order valence-corrected chi connectivity index (χ0v) is 8.19. The molecule has 2 heteroatoms. The summed E-state index contributed by atoms with van der Waals surface area (Å²) in [4.78, 5) is 0. The van der Waals surface area contributed by atoms with Gasteiger partial charge in [-0.15, -0.1) is 0 Å². The number of halogens is 2. The molecule has 0 spiro atoms. The molecule has 0 amide bonds. The first-order chi connectivity index (χ1) is 3.47. The van der Waals surface area contributed by atoms with Crippen LogP contribution in [0.3, 0.4) is 0 Å². The average Bonchev–Trinajstić information content (AvgIpc) is 1.85. The summed E-state index contributed by atoms with van der Waals surface area (Å²) in [5.41, 5.74) is 1.90. The number of hydrogen-bond donors (Lipinski definition) is 0. The first-order valence-electron chi connectivity index (χ1n) is 2.30. The summed E-state index contributed by atoms with van der Waals surface area (Å²) >= 11 is 1.33. The van der Waals surface area contributed by atoms with Crippen molar-refractivity contribution in [1.82, 2.24) is 0 Å². The predicted octanol–water partition coefficient (Wildman–Crippen LogP) is -5.55. The molecule has 2 rings (SSSR count). The Kier molecular flexibility index (Phi) is 1.33. The fourth-order valence-corrected chi connectivity index (χ4v) is 10.0. The molecule has 0 aliphatic carbocycles. The molecule has 0 nitrogen and oxygen atoms in total. The van der Waals surface area contributed by atoms with Crippen LogP contribution in [-0.2, 0) is 0 Å². The van der Waals surface area contributed by atoms with E-state index in [1.54, 1.807) is 13.3 Å². The Morgan fingerprint density at radius 2 is 2.14 bits per heavy atom. The number of rotatable bonds is 0. The molecule has 0 aromatic heterocycles. The number of hydrogen-bond acceptors (Lipinski definition) is 0. The van der Waals surface area contributed by atoms with Crippen LogP contribution in [0.4, 0.5) is 0 Å². The van der Waals surface area contributed by atoms with Gasteiger partial charge < -0.3 is 0 Å². The molecule has 2 aliphatic rings. The molecule has 0 bridgehead atoms. The van der Waals surface area contributed by atoms with Crippen LogP contribution < -0.4 is 42.4 Å². The summed E-state index contributed by atoms with van der Waals surface area (Å²) < 4.78 is 6.72. The maximum atomic E-state index is 1.96. The molecule has 0 atom stereocenters. The third-order valence-corrected chi connectivity index (χ3v) is 8.83. The van der Waals surface area contributed by atoms with E-state index in [0.29, 0.717) is 42.4 Å². The van der Waals surface area contributed by atoms with Crippen molar-refractivity contribution in [3.05, 3.63) is 9.15 Å². The van der Waals surface area contributed by atoms with Gasteiger partial charge in [0.25, 0.3) is 0 Å². The number of allylic oxidation sites excluding steroid dienone is 2. The van der Waals surface area contributed by atoms with Crippen LogP contribution in [0, 0.1) is 0 Å². The van der Waals surface area contributed by atoms with Gasteiger partial charge in [-0.05, 0) is 0 Å². The summed E-state index contributed by atoms with van der Waals surface area (Å²) in [6.45, 7) is 0. The molecule has 0 radical (unpaired) electrons. The second kappa shape index (κ2) is 1.86. The summed E-state index contributed by atoms with van der Waals surface area (Å²) in [5, 5.41) is 0. The van der Waals surface area contributed by atoms with Gasteiger partial charge in [0, 0.05) is 0 Å². The van der Waals surface area contributed by atoms with Crippen molar-refractivity contribution < 1.29 is 42.4 Å². The summed E-state index contributed by atoms with van der Waals surface area (Å²) in [6, 6.07) is 0. The Hall–Kier alpha value is 1.20. The van der Waals surface area contributed by atoms with Gasteiger partial charge in [0.1, 0.15) is 0 Å². The average molecular weight is 320 g/mol. The van der Waals surface area contributed by atoms with Gasteiger partial charge in [-0.3, -0.25) is 0 Å². The number of alkyl halides is 3. The first kappa shape index (κ1) is 5.02. The third-order valence-electron chi connectivity index (χ3n) is 1.24. The van der Waals surface area contributed by atoms with Crippen molar-refractivity contribution in [2.45, 2.75) is 0 Å². The van der Waals surface area contributed by atoms with Crippen LogP contribution in [0.25, 0.3) is 0 Å². The third kappa shape index (κ3) is 0.742. The standard InChI is InChI=1S/C5H6I2/c1-4-2-7-5(4)3-6-1/h1-3H2/q-2. The zero-order chi connectivity index (χ0) is 4.69. The van der Waals surface area contributed by atoms with Crippen molar-refractivity contribution in [2.24, 2.45) is 0 Å². The van der Waals surface area contributed by atoms with Crippen LogP contribution in [0.2, 0.25) is 0 Å². The molecule has 0 fully saturated rings. The normalized spacial score (nSPS) is 29.7. The van der Waals surface area contributed by atoms with E-state index in [2.05, 4.69) is 0 Å². The van der Waals surface area contributed by atoms with Gasteiger partial charge in [-0.2, -0.15) is 0 Å². The second-order valence-corrected chi connectivity index (χ2v) is 7.16. The van der Waals surface area contributed by atoms with E-state index < -0.39 is 0 Å². The van der Waals surface area contributed by atoms with Crippen LogP contribution in [0.5, 0.6) is 0 Å².